The average Bonchev–Trinajstić information content (AvgIpc) is 2.48. The molecule has 1 aliphatic heterocycles. The number of alkyl halides is 1. The van der Waals surface area contributed by atoms with Crippen molar-refractivity contribution in [1.29, 1.82) is 0 Å². The molecule has 0 aromatic heterocycles. The van der Waals surface area contributed by atoms with E-state index in [4.69, 9.17) is 4.74 Å². The maximum absolute atomic E-state index is 12.9. The molecule has 20 heavy (non-hydrogen) atoms. The lowest BCUT2D eigenvalue weighted by atomic mass is 10.0. The summed E-state index contributed by atoms with van der Waals surface area (Å²) in [6.45, 7) is 5.71. The van der Waals surface area contributed by atoms with E-state index in [9.17, 15) is 9.50 Å². The second-order valence-corrected chi connectivity index (χ2v) is 4.94. The van der Waals surface area contributed by atoms with Gasteiger partial charge in [-0.3, -0.25) is 9.29 Å². The molecule has 1 heterocycles. The number of ether oxygens (including phenoxy) is 1. The van der Waals surface area contributed by atoms with E-state index in [0.29, 0.717) is 18.8 Å². The molecule has 0 amide bonds. The predicted octanol–water partition coefficient (Wildman–Crippen LogP) is 2.10. The van der Waals surface area contributed by atoms with E-state index in [-0.39, 0.29) is 18.5 Å². The van der Waals surface area contributed by atoms with Crippen molar-refractivity contribution in [1.82, 2.24) is 10.2 Å². The molecule has 0 unspecified atom stereocenters. The van der Waals surface area contributed by atoms with Crippen LogP contribution in [0.1, 0.15) is 24.9 Å². The molecule has 1 fully saturated rings. The van der Waals surface area contributed by atoms with Gasteiger partial charge in [-0.15, -0.1) is 0 Å². The zero-order chi connectivity index (χ0) is 14.4. The third kappa shape index (κ3) is 3.61. The molecule has 1 aliphatic rings. The summed E-state index contributed by atoms with van der Waals surface area (Å²) in [6.07, 6.45) is 0.469. The Hall–Kier alpha value is -1.33. The van der Waals surface area contributed by atoms with Gasteiger partial charge in [-0.05, 0) is 31.0 Å². The number of nitrogens with zero attached hydrogens (tertiary/aromatic N) is 1. The first-order chi connectivity index (χ1) is 9.76. The van der Waals surface area contributed by atoms with Gasteiger partial charge in [0.2, 0.25) is 0 Å². The Labute approximate surface area is 119 Å². The highest BCUT2D eigenvalue weighted by Crippen LogP contribution is 2.33. The van der Waals surface area contributed by atoms with Gasteiger partial charge in [0.05, 0.1) is 13.3 Å². The van der Waals surface area contributed by atoms with Crippen LogP contribution in [-0.4, -0.2) is 49.5 Å². The van der Waals surface area contributed by atoms with Crippen LogP contribution in [0.2, 0.25) is 0 Å². The summed E-state index contributed by atoms with van der Waals surface area (Å²) < 4.78 is 18.3. The SMILES string of the molecule is CCOc1cc([C@@H](CCF)N2CCNCC2)ccc1O. The Morgan fingerprint density at radius 1 is 1.40 bits per heavy atom. The number of hydrogen-bond acceptors (Lipinski definition) is 4. The Balaban J connectivity index is 2.21. The lowest BCUT2D eigenvalue weighted by Crippen LogP contribution is -2.45. The maximum atomic E-state index is 12.9. The highest BCUT2D eigenvalue weighted by atomic mass is 19.1. The zero-order valence-electron chi connectivity index (χ0n) is 11.9. The van der Waals surface area contributed by atoms with Gasteiger partial charge in [0.15, 0.2) is 11.5 Å². The van der Waals surface area contributed by atoms with Crippen molar-refractivity contribution in [2.24, 2.45) is 0 Å². The zero-order valence-corrected chi connectivity index (χ0v) is 11.9. The molecule has 0 aliphatic carbocycles. The molecule has 5 heteroatoms. The van der Waals surface area contributed by atoms with E-state index in [1.807, 2.05) is 19.1 Å². The van der Waals surface area contributed by atoms with Crippen LogP contribution < -0.4 is 10.1 Å². The van der Waals surface area contributed by atoms with Gasteiger partial charge in [-0.1, -0.05) is 6.07 Å². The molecule has 0 spiro atoms. The highest BCUT2D eigenvalue weighted by molar-refractivity contribution is 5.42. The number of aromatic hydroxyl groups is 1. The maximum Gasteiger partial charge on any atom is 0.161 e. The standard InChI is InChI=1S/C15H23FN2O2/c1-2-20-15-11-12(3-4-14(15)19)13(5-6-16)18-9-7-17-8-10-18/h3-4,11,13,17,19H,2,5-10H2,1H3/t13-/m1/s1. The van der Waals surface area contributed by atoms with Gasteiger partial charge < -0.3 is 15.2 Å². The lowest BCUT2D eigenvalue weighted by Gasteiger charge is -2.35. The van der Waals surface area contributed by atoms with E-state index in [2.05, 4.69) is 10.2 Å². The van der Waals surface area contributed by atoms with Crippen LogP contribution in [0.15, 0.2) is 18.2 Å². The fourth-order valence-corrected chi connectivity index (χ4v) is 2.67. The van der Waals surface area contributed by atoms with Crippen molar-refractivity contribution in [2.75, 3.05) is 39.5 Å². The quantitative estimate of drug-likeness (QED) is 0.838. The van der Waals surface area contributed by atoms with E-state index < -0.39 is 0 Å². The van der Waals surface area contributed by atoms with Crippen LogP contribution in [0.3, 0.4) is 0 Å². The largest absolute Gasteiger partial charge is 0.504 e. The first-order valence-electron chi connectivity index (χ1n) is 7.22. The van der Waals surface area contributed by atoms with Gasteiger partial charge in [-0.25, -0.2) is 0 Å². The van der Waals surface area contributed by atoms with Gasteiger partial charge in [0.1, 0.15) is 0 Å². The summed E-state index contributed by atoms with van der Waals surface area (Å²) in [5, 5.41) is 13.1. The van der Waals surface area contributed by atoms with Crippen molar-refractivity contribution < 1.29 is 14.2 Å². The molecule has 112 valence electrons. The molecule has 1 atom stereocenters. The third-order valence-electron chi connectivity index (χ3n) is 3.64. The Kier molecular flexibility index (Phi) is 5.61. The third-order valence-corrected chi connectivity index (χ3v) is 3.64. The summed E-state index contributed by atoms with van der Waals surface area (Å²) in [5.41, 5.74) is 1.01. The number of phenols is 1. The van der Waals surface area contributed by atoms with Crippen molar-refractivity contribution in [3.05, 3.63) is 23.8 Å². The molecule has 1 aromatic rings. The number of halogens is 1. The molecule has 1 saturated heterocycles. The number of phenolic OH excluding ortho intramolecular Hbond substituents is 1. The van der Waals surface area contributed by atoms with Gasteiger partial charge in [0, 0.05) is 32.2 Å². The minimum absolute atomic E-state index is 0.0434. The molecule has 0 radical (unpaired) electrons. The van der Waals surface area contributed by atoms with E-state index in [1.165, 1.54) is 0 Å². The van der Waals surface area contributed by atoms with Gasteiger partial charge in [-0.2, -0.15) is 0 Å². The molecule has 2 rings (SSSR count). The number of piperazine rings is 1. The summed E-state index contributed by atoms with van der Waals surface area (Å²) in [6, 6.07) is 5.37. The van der Waals surface area contributed by atoms with Crippen LogP contribution in [0.5, 0.6) is 11.5 Å². The topological polar surface area (TPSA) is 44.7 Å². The van der Waals surface area contributed by atoms with Gasteiger partial charge in [0.25, 0.3) is 0 Å². The smallest absolute Gasteiger partial charge is 0.161 e. The summed E-state index contributed by atoms with van der Waals surface area (Å²) >= 11 is 0. The predicted molar refractivity (Wildman–Crippen MR) is 77.1 cm³/mol. The molecular weight excluding hydrogens is 259 g/mol. The van der Waals surface area contributed by atoms with Crippen molar-refractivity contribution in [2.45, 2.75) is 19.4 Å². The minimum atomic E-state index is -0.348. The van der Waals surface area contributed by atoms with Crippen molar-refractivity contribution >= 4 is 0 Å². The lowest BCUT2D eigenvalue weighted by molar-refractivity contribution is 0.157. The van der Waals surface area contributed by atoms with Crippen LogP contribution >= 0.6 is 0 Å². The normalized spacial score (nSPS) is 17.9. The van der Waals surface area contributed by atoms with Crippen LogP contribution in [-0.2, 0) is 0 Å². The minimum Gasteiger partial charge on any atom is -0.504 e. The monoisotopic (exact) mass is 282 g/mol. The van der Waals surface area contributed by atoms with Crippen LogP contribution in [0.4, 0.5) is 4.39 Å². The molecular formula is C15H23FN2O2. The fraction of sp³-hybridized carbons (Fsp3) is 0.600. The first kappa shape index (κ1) is 15.1. The highest BCUT2D eigenvalue weighted by Gasteiger charge is 2.22. The van der Waals surface area contributed by atoms with Crippen molar-refractivity contribution in [3.8, 4) is 11.5 Å². The molecule has 4 nitrogen and oxygen atoms in total. The van der Waals surface area contributed by atoms with Gasteiger partial charge >= 0.3 is 0 Å². The summed E-state index contributed by atoms with van der Waals surface area (Å²) in [4.78, 5) is 2.29. The number of benzene rings is 1. The van der Waals surface area contributed by atoms with E-state index >= 15 is 0 Å². The summed E-state index contributed by atoms with van der Waals surface area (Å²) in [7, 11) is 0. The second-order valence-electron chi connectivity index (χ2n) is 4.94. The first-order valence-corrected chi connectivity index (χ1v) is 7.22. The Bertz CT molecular complexity index is 422. The Morgan fingerprint density at radius 3 is 2.80 bits per heavy atom. The summed E-state index contributed by atoms with van der Waals surface area (Å²) in [5.74, 6) is 0.610. The Morgan fingerprint density at radius 2 is 2.15 bits per heavy atom. The van der Waals surface area contributed by atoms with E-state index in [0.717, 1.165) is 31.7 Å². The molecule has 1 aromatic carbocycles. The van der Waals surface area contributed by atoms with Crippen LogP contribution in [0, 0.1) is 0 Å². The molecule has 0 saturated carbocycles. The average molecular weight is 282 g/mol. The molecule has 2 N–H and O–H groups in total. The second kappa shape index (κ2) is 7.45. The van der Waals surface area contributed by atoms with E-state index in [1.54, 1.807) is 6.07 Å². The molecule has 0 bridgehead atoms. The van der Waals surface area contributed by atoms with Crippen LogP contribution in [0.25, 0.3) is 0 Å². The fourth-order valence-electron chi connectivity index (χ4n) is 2.67. The number of rotatable bonds is 6. The number of hydrogen-bond donors (Lipinski definition) is 2. The number of nitrogens with one attached hydrogen (secondary N) is 1. The van der Waals surface area contributed by atoms with Crippen molar-refractivity contribution in [3.63, 3.8) is 0 Å².